The van der Waals surface area contributed by atoms with Crippen LogP contribution in [0.4, 0.5) is 28.6 Å². The molecular weight excluding hydrogens is 1760 g/mol. The van der Waals surface area contributed by atoms with E-state index in [4.69, 9.17) is 40.1 Å². The van der Waals surface area contributed by atoms with E-state index in [2.05, 4.69) is 92.1 Å². The van der Waals surface area contributed by atoms with Crippen LogP contribution in [0, 0.1) is 17.5 Å². The molecule has 0 saturated heterocycles. The summed E-state index contributed by atoms with van der Waals surface area (Å²) in [5.41, 5.74) is 28.1. The predicted octanol–water partition coefficient (Wildman–Crippen LogP) is 20.4. The van der Waals surface area contributed by atoms with Crippen LogP contribution in [-0.4, -0.2) is 118 Å². The Morgan fingerprint density at radius 2 is 0.782 bits per heavy atom. The highest BCUT2D eigenvalue weighted by Crippen LogP contribution is 2.47. The Morgan fingerprint density at radius 3 is 1.11 bits per heavy atom. The van der Waals surface area contributed by atoms with Crippen LogP contribution in [0.2, 0.25) is 0 Å². The van der Waals surface area contributed by atoms with Crippen LogP contribution in [0.5, 0.6) is 0 Å². The number of carboxylic acid groups (broad SMARTS) is 1. The monoisotopic (exact) mass is 1850 g/mol. The summed E-state index contributed by atoms with van der Waals surface area (Å²) in [6.45, 7) is 12.2. The number of hydrogen-bond acceptors (Lipinski definition) is 19. The Morgan fingerprint density at radius 1 is 0.436 bits per heavy atom. The number of amides is 3. The van der Waals surface area contributed by atoms with Crippen molar-refractivity contribution in [1.82, 2.24) is 93.8 Å². The molecule has 3 fully saturated rings. The van der Waals surface area contributed by atoms with Gasteiger partial charge in [0.15, 0.2) is 28.8 Å². The highest BCUT2D eigenvalue weighted by molar-refractivity contribution is 6.02. The van der Waals surface area contributed by atoms with E-state index in [9.17, 15) is 27.6 Å². The van der Waals surface area contributed by atoms with Gasteiger partial charge in [-0.2, -0.15) is 0 Å². The topological polar surface area (TPSA) is 347 Å². The molecule has 34 heteroatoms. The standard InChI is InChI=1S/C34H34FN7O3.C34H32FN7O2.C29H24FN7.C2H4O2.3ClH/c1-33(2,3)45-32(44)39-34(15-5-16-34)23-10-6-22(7-11-23)29-25(21-8-12-24(35)13-9-21)18-26-27(38-29)14-17-36-30(26)40-41-31(43)28-19-42(4)20-37-28;1-33(2,3)44-32(43)38-34(15-5-16-34)23-10-6-22(7-11-23)29-25(21-8-12-24(35)13-9-21)18-26-27(37-29)14-17-42-30(26)39-40-31(42)28-19-41(4)20-36-28;1-36-16-25(32-17-36)28-35-34-27-23-15-22(18-5-9-21(30)10-6-18)26(33-24(23)11-14-37(27)28)19-3-7-20(8-4-19)29(31)12-2-13-29;1-2(3)4;;;/h6-14,17-20H,5,15-16H2,1-4H3,(H,36,40)(H,39,44)(H,41,43);6-14,17-20H,5,15-16H2,1-4H3,(H,38,43);3-11,14-17H,2,12-13,31H2,1H3;1H3,(H,3,4);3*1H. The zero-order valence-corrected chi connectivity index (χ0v) is 76.8. The molecule has 0 atom stereocenters. The van der Waals surface area contributed by atoms with Crippen LogP contribution in [0.15, 0.2) is 238 Å². The number of benzene rings is 6. The molecular formula is C99H97Cl3F3N21O7. The van der Waals surface area contributed by atoms with Crippen molar-refractivity contribution in [2.45, 2.75) is 134 Å². The second kappa shape index (κ2) is 38.5. The number of anilines is 1. The fraction of sp³-hybridized carbons (Fsp3) is 0.242. The lowest BCUT2D eigenvalue weighted by atomic mass is 9.71. The molecule has 133 heavy (non-hydrogen) atoms. The van der Waals surface area contributed by atoms with Gasteiger partial charge in [-0.25, -0.2) is 57.6 Å². The van der Waals surface area contributed by atoms with E-state index in [-0.39, 0.29) is 65.9 Å². The van der Waals surface area contributed by atoms with Crippen molar-refractivity contribution < 1.29 is 46.9 Å². The summed E-state index contributed by atoms with van der Waals surface area (Å²) in [7, 11) is 5.61. The number of carbonyl (C=O) groups is 4. The first kappa shape index (κ1) is 94.6. The van der Waals surface area contributed by atoms with E-state index in [1.807, 2.05) is 171 Å². The molecule has 28 nitrogen and oxygen atoms in total. The Balaban J connectivity index is 0.000000156. The molecule has 17 aromatic rings. The minimum absolute atomic E-state index is 0. The molecule has 20 rings (SSSR count). The number of carbonyl (C=O) groups excluding carboxylic acids is 3. The molecule has 0 bridgehead atoms. The number of nitrogens with one attached hydrogen (secondary N) is 4. The van der Waals surface area contributed by atoms with Crippen LogP contribution >= 0.6 is 37.2 Å². The van der Waals surface area contributed by atoms with Crippen LogP contribution in [0.25, 0.3) is 134 Å². The van der Waals surface area contributed by atoms with E-state index < -0.39 is 46.3 Å². The van der Waals surface area contributed by atoms with Gasteiger partial charge >= 0.3 is 12.2 Å². The minimum atomic E-state index is -0.833. The molecule has 3 aliphatic carbocycles. The summed E-state index contributed by atoms with van der Waals surface area (Å²) in [5.74, 6) is -0.489. The van der Waals surface area contributed by atoms with Crippen LogP contribution in [0.3, 0.4) is 0 Å². The van der Waals surface area contributed by atoms with Crippen molar-refractivity contribution in [3.63, 3.8) is 0 Å². The quantitative estimate of drug-likeness (QED) is 0.0489. The molecule has 0 radical (unpaired) electrons. The number of alkyl carbamates (subject to hydrolysis) is 2. The van der Waals surface area contributed by atoms with Gasteiger partial charge < -0.3 is 44.6 Å². The van der Waals surface area contributed by atoms with Gasteiger partial charge in [-0.15, -0.1) is 57.6 Å². The third-order valence-electron chi connectivity index (χ3n) is 23.3. The van der Waals surface area contributed by atoms with E-state index in [0.29, 0.717) is 51.1 Å². The first-order valence-corrected chi connectivity index (χ1v) is 42.6. The lowest BCUT2D eigenvalue weighted by Gasteiger charge is -2.43. The second-order valence-corrected chi connectivity index (χ2v) is 35.1. The molecule has 0 unspecified atom stereocenters. The number of nitrogens with two attached hydrogens (primary N) is 1. The van der Waals surface area contributed by atoms with E-state index in [1.165, 1.54) is 42.8 Å². The molecule has 3 amide bonds. The number of hydrazine groups is 1. The number of ether oxygens (including phenoxy) is 2. The number of nitrogens with zero attached hydrogens (tertiary/aromatic N) is 16. The van der Waals surface area contributed by atoms with E-state index >= 15 is 0 Å². The lowest BCUT2D eigenvalue weighted by molar-refractivity contribution is -0.134. The first-order valence-electron chi connectivity index (χ1n) is 42.6. The number of imidazole rings is 3. The average Bonchev–Trinajstić information content (AvgIpc) is 1.45. The van der Waals surface area contributed by atoms with Crippen molar-refractivity contribution in [3.05, 3.63) is 278 Å². The second-order valence-electron chi connectivity index (χ2n) is 35.1. The first-order chi connectivity index (χ1) is 62.3. The van der Waals surface area contributed by atoms with Gasteiger partial charge in [0.1, 0.15) is 45.7 Å². The molecule has 3 aliphatic rings. The number of aliphatic carboxylic acids is 1. The third-order valence-corrected chi connectivity index (χ3v) is 23.3. The van der Waals surface area contributed by atoms with Gasteiger partial charge in [0.25, 0.3) is 11.9 Å². The van der Waals surface area contributed by atoms with Crippen molar-refractivity contribution in [3.8, 4) is 90.2 Å². The molecule has 3 saturated carbocycles. The van der Waals surface area contributed by atoms with Crippen LogP contribution in [-0.2, 0) is 52.0 Å². The third kappa shape index (κ3) is 20.3. The number of aryl methyl sites for hydroxylation is 3. The normalized spacial score (nSPS) is 13.8. The number of pyridine rings is 6. The van der Waals surface area contributed by atoms with Gasteiger partial charge in [-0.05, 0) is 206 Å². The minimum Gasteiger partial charge on any atom is -0.481 e. The largest absolute Gasteiger partial charge is 0.481 e. The van der Waals surface area contributed by atoms with Crippen molar-refractivity contribution in [1.29, 1.82) is 0 Å². The number of hydrogen-bond donors (Lipinski definition) is 6. The predicted molar refractivity (Wildman–Crippen MR) is 512 cm³/mol. The molecule has 11 heterocycles. The number of rotatable bonds is 16. The Labute approximate surface area is 781 Å². The number of fused-ring (bicyclic) bond motifs is 7. The molecule has 0 spiro atoms. The molecule has 7 N–H and O–H groups in total. The highest BCUT2D eigenvalue weighted by Gasteiger charge is 2.43. The Kier molecular flexibility index (Phi) is 27.4. The number of carboxylic acids is 1. The number of aromatic nitrogens is 16. The van der Waals surface area contributed by atoms with E-state index in [0.717, 1.165) is 164 Å². The maximum absolute atomic E-state index is 13.9. The summed E-state index contributed by atoms with van der Waals surface area (Å²) in [6.07, 6.45) is 23.5. The summed E-state index contributed by atoms with van der Waals surface area (Å²) in [6, 6.07) is 55.4. The summed E-state index contributed by atoms with van der Waals surface area (Å²) in [5, 5.41) is 33.8. The van der Waals surface area contributed by atoms with Crippen molar-refractivity contribution >= 4 is 111 Å². The maximum atomic E-state index is 13.9. The highest BCUT2D eigenvalue weighted by atomic mass is 35.5. The van der Waals surface area contributed by atoms with Gasteiger partial charge in [-0.3, -0.25) is 29.2 Å². The molecule has 682 valence electrons. The smallest absolute Gasteiger partial charge is 0.408 e. The van der Waals surface area contributed by atoms with Gasteiger partial charge in [-0.1, -0.05) is 109 Å². The maximum Gasteiger partial charge on any atom is 0.408 e. The number of halogens is 6. The van der Waals surface area contributed by atoms with Gasteiger partial charge in [0.05, 0.1) is 63.7 Å². The fourth-order valence-corrected chi connectivity index (χ4v) is 16.4. The average molecular weight is 1860 g/mol. The van der Waals surface area contributed by atoms with Crippen LogP contribution < -0.4 is 27.2 Å². The molecule has 11 aromatic heterocycles. The van der Waals surface area contributed by atoms with Crippen LogP contribution in [0.1, 0.15) is 133 Å². The SMILES string of the molecule is CC(=O)O.Cl.Cl.Cl.Cn1cnc(-c2nnc3c4cc(-c5ccc(F)cc5)c(-c5ccc(C6(N)CCC6)cc5)nc4ccn23)c1.Cn1cnc(-c2nnc3c4cc(-c5ccc(F)cc5)c(-c5ccc(C6(NC(=O)OC(C)(C)C)CCC6)cc5)nc4ccn23)c1.Cn1cnc(C(=O)NNc2nccc3nc(-c4ccc(C5(NC(=O)OC(C)(C)C)CCC5)cc4)c(-c4ccc(F)cc4)cc23)c1. The van der Waals surface area contributed by atoms with E-state index in [1.54, 1.807) is 85.5 Å². The zero-order chi connectivity index (χ0) is 91.1. The summed E-state index contributed by atoms with van der Waals surface area (Å²) in [4.78, 5) is 79.5. The molecule has 0 aliphatic heterocycles. The van der Waals surface area contributed by atoms with Gasteiger partial charge in [0, 0.05) is 120 Å². The zero-order valence-electron chi connectivity index (χ0n) is 74.4. The van der Waals surface area contributed by atoms with Gasteiger partial charge in [0.2, 0.25) is 0 Å². The summed E-state index contributed by atoms with van der Waals surface area (Å²) < 4.78 is 62.0. The fourth-order valence-electron chi connectivity index (χ4n) is 16.4. The molecule has 6 aromatic carbocycles. The Bertz CT molecular complexity index is 7150. The summed E-state index contributed by atoms with van der Waals surface area (Å²) >= 11 is 0. The van der Waals surface area contributed by atoms with Crippen molar-refractivity contribution in [2.24, 2.45) is 26.9 Å². The lowest BCUT2D eigenvalue weighted by Crippen LogP contribution is -2.52. The van der Waals surface area contributed by atoms with Crippen molar-refractivity contribution in [2.75, 3.05) is 5.43 Å². The Hall–Kier alpha value is -14.5.